The molecule has 6 heteroatoms. The van der Waals surface area contributed by atoms with Crippen molar-refractivity contribution in [3.8, 4) is 0 Å². The van der Waals surface area contributed by atoms with Gasteiger partial charge >= 0.3 is 13.1 Å². The lowest BCUT2D eigenvalue weighted by Gasteiger charge is -2.16. The van der Waals surface area contributed by atoms with Gasteiger partial charge in [-0.15, -0.1) is 0 Å². The van der Waals surface area contributed by atoms with Gasteiger partial charge in [-0.3, -0.25) is 4.79 Å². The Hall–Kier alpha value is -1.37. The number of aliphatic carboxylic acids is 1. The van der Waals surface area contributed by atoms with Gasteiger partial charge in [0.25, 0.3) is 0 Å². The minimum atomic E-state index is -1.31. The summed E-state index contributed by atoms with van der Waals surface area (Å²) in [6, 6.07) is 5.75. The molecular formula is C14H20BNO4. The number of carboxylic acid groups (broad SMARTS) is 1. The lowest BCUT2D eigenvalue weighted by atomic mass is 9.80. The first-order valence-corrected chi connectivity index (χ1v) is 6.93. The Morgan fingerprint density at radius 2 is 2.15 bits per heavy atom. The fraction of sp³-hybridized carbons (Fsp3) is 0.500. The largest absolute Gasteiger partial charge is 0.481 e. The number of benzene rings is 1. The Morgan fingerprint density at radius 3 is 2.75 bits per heavy atom. The van der Waals surface area contributed by atoms with Crippen LogP contribution in [0.1, 0.15) is 35.4 Å². The molecule has 1 aromatic carbocycles. The molecule has 5 N–H and O–H groups in total. The third-order valence-electron chi connectivity index (χ3n) is 4.03. The first kappa shape index (κ1) is 15.0. The van der Waals surface area contributed by atoms with Gasteiger partial charge < -0.3 is 20.9 Å². The lowest BCUT2D eigenvalue weighted by molar-refractivity contribution is -0.139. The molecule has 0 aromatic heterocycles. The smallest absolute Gasteiger partial charge is 0.451 e. The van der Waals surface area contributed by atoms with Crippen LogP contribution in [0.3, 0.4) is 0 Å². The van der Waals surface area contributed by atoms with Crippen molar-refractivity contribution in [2.24, 2.45) is 11.7 Å². The minimum Gasteiger partial charge on any atom is -0.481 e. The number of hydrogen-bond acceptors (Lipinski definition) is 4. The number of hydrogen-bond donors (Lipinski definition) is 4. The highest BCUT2D eigenvalue weighted by atomic mass is 16.4. The van der Waals surface area contributed by atoms with Gasteiger partial charge in [-0.1, -0.05) is 24.6 Å². The second-order valence-corrected chi connectivity index (χ2v) is 5.43. The van der Waals surface area contributed by atoms with Crippen LogP contribution in [0.4, 0.5) is 0 Å². The second-order valence-electron chi connectivity index (χ2n) is 5.43. The summed E-state index contributed by atoms with van der Waals surface area (Å²) in [4.78, 5) is 11.5. The Labute approximate surface area is 118 Å². The summed E-state index contributed by atoms with van der Waals surface area (Å²) < 4.78 is 0. The van der Waals surface area contributed by atoms with Crippen LogP contribution in [-0.2, 0) is 17.8 Å². The molecule has 0 fully saturated rings. The Balaban J connectivity index is 2.13. The molecule has 0 radical (unpaired) electrons. The molecule has 0 amide bonds. The van der Waals surface area contributed by atoms with Gasteiger partial charge in [0.2, 0.25) is 0 Å². The molecule has 0 aliphatic heterocycles. The van der Waals surface area contributed by atoms with Crippen LogP contribution in [-0.4, -0.2) is 28.2 Å². The van der Waals surface area contributed by atoms with Gasteiger partial charge in [0.15, 0.2) is 0 Å². The van der Waals surface area contributed by atoms with Crippen LogP contribution in [0.5, 0.6) is 0 Å². The van der Waals surface area contributed by atoms with Crippen LogP contribution in [0.25, 0.3) is 0 Å². The standard InChI is InChI=1S/C14H20BNO4/c16-8-9-3-4-12-11(6-9)7-10(13(12)14(17)18)2-1-5-15(19)20/h3-4,6,10,13,19-20H,1-2,5,7-8,16H2,(H,17,18). The van der Waals surface area contributed by atoms with E-state index in [9.17, 15) is 9.90 Å². The zero-order valence-electron chi connectivity index (χ0n) is 11.3. The Morgan fingerprint density at radius 1 is 1.40 bits per heavy atom. The van der Waals surface area contributed by atoms with E-state index in [4.69, 9.17) is 15.8 Å². The minimum absolute atomic E-state index is 0.0225. The molecule has 2 unspecified atom stereocenters. The van der Waals surface area contributed by atoms with E-state index >= 15 is 0 Å². The number of carbonyl (C=O) groups is 1. The molecular weight excluding hydrogens is 257 g/mol. The first-order valence-electron chi connectivity index (χ1n) is 6.93. The summed E-state index contributed by atoms with van der Waals surface area (Å²) in [7, 11) is -1.31. The predicted octanol–water partition coefficient (Wildman–Crippen LogP) is 0.739. The second kappa shape index (κ2) is 6.39. The zero-order chi connectivity index (χ0) is 14.7. The molecule has 0 bridgehead atoms. The third-order valence-corrected chi connectivity index (χ3v) is 4.03. The summed E-state index contributed by atoms with van der Waals surface area (Å²) in [5, 5.41) is 27.2. The van der Waals surface area contributed by atoms with Crippen molar-refractivity contribution in [3.63, 3.8) is 0 Å². The van der Waals surface area contributed by atoms with Gasteiger partial charge in [0, 0.05) is 6.54 Å². The van der Waals surface area contributed by atoms with Crippen molar-refractivity contribution in [1.82, 2.24) is 0 Å². The molecule has 0 saturated carbocycles. The van der Waals surface area contributed by atoms with Gasteiger partial charge in [-0.25, -0.2) is 0 Å². The molecule has 0 saturated heterocycles. The fourth-order valence-corrected chi connectivity index (χ4v) is 3.09. The summed E-state index contributed by atoms with van der Waals surface area (Å²) in [6.07, 6.45) is 2.31. The van der Waals surface area contributed by atoms with Crippen LogP contribution in [0, 0.1) is 5.92 Å². The average Bonchev–Trinajstić information content (AvgIpc) is 2.75. The molecule has 20 heavy (non-hydrogen) atoms. The van der Waals surface area contributed by atoms with Gasteiger partial charge in [-0.2, -0.15) is 0 Å². The monoisotopic (exact) mass is 277 g/mol. The van der Waals surface area contributed by atoms with E-state index in [1.165, 1.54) is 0 Å². The maximum atomic E-state index is 11.5. The maximum absolute atomic E-state index is 11.5. The molecule has 0 spiro atoms. The van der Waals surface area contributed by atoms with Crippen LogP contribution < -0.4 is 5.73 Å². The highest BCUT2D eigenvalue weighted by Gasteiger charge is 2.37. The van der Waals surface area contributed by atoms with Gasteiger partial charge in [0.1, 0.15) is 0 Å². The molecule has 108 valence electrons. The van der Waals surface area contributed by atoms with Crippen LogP contribution >= 0.6 is 0 Å². The topological polar surface area (TPSA) is 104 Å². The number of fused-ring (bicyclic) bond motifs is 1. The van der Waals surface area contributed by atoms with Crippen molar-refractivity contribution in [2.45, 2.75) is 38.0 Å². The van der Waals surface area contributed by atoms with Gasteiger partial charge in [-0.05, 0) is 41.8 Å². The summed E-state index contributed by atoms with van der Waals surface area (Å²) in [5.41, 5.74) is 8.57. The number of rotatable bonds is 6. The quantitative estimate of drug-likeness (QED) is 0.574. The molecule has 1 aromatic rings. The summed E-state index contributed by atoms with van der Waals surface area (Å²) in [6.45, 7) is 0.451. The van der Waals surface area contributed by atoms with Crippen molar-refractivity contribution in [1.29, 1.82) is 0 Å². The fourth-order valence-electron chi connectivity index (χ4n) is 3.09. The Kier molecular flexibility index (Phi) is 4.80. The third kappa shape index (κ3) is 3.20. The van der Waals surface area contributed by atoms with E-state index in [0.717, 1.165) is 23.1 Å². The molecule has 2 rings (SSSR count). The van der Waals surface area contributed by atoms with Crippen molar-refractivity contribution in [3.05, 3.63) is 34.9 Å². The van der Waals surface area contributed by atoms with Crippen molar-refractivity contribution < 1.29 is 19.9 Å². The van der Waals surface area contributed by atoms with E-state index in [1.54, 1.807) is 0 Å². The lowest BCUT2D eigenvalue weighted by Crippen LogP contribution is -2.18. The normalized spacial score (nSPS) is 20.8. The van der Waals surface area contributed by atoms with E-state index < -0.39 is 19.0 Å². The number of carboxylic acids is 1. The molecule has 1 aliphatic carbocycles. The molecule has 0 heterocycles. The predicted molar refractivity (Wildman–Crippen MR) is 76.1 cm³/mol. The highest BCUT2D eigenvalue weighted by molar-refractivity contribution is 6.40. The van der Waals surface area contributed by atoms with Crippen LogP contribution in [0.2, 0.25) is 6.32 Å². The van der Waals surface area contributed by atoms with Gasteiger partial charge in [0.05, 0.1) is 5.92 Å². The maximum Gasteiger partial charge on any atom is 0.451 e. The zero-order valence-corrected chi connectivity index (χ0v) is 11.3. The first-order chi connectivity index (χ1) is 9.52. The molecule has 1 aliphatic rings. The van der Waals surface area contributed by atoms with Crippen molar-refractivity contribution >= 4 is 13.1 Å². The number of nitrogens with two attached hydrogens (primary N) is 1. The van der Waals surface area contributed by atoms with E-state index in [1.807, 2.05) is 18.2 Å². The van der Waals surface area contributed by atoms with E-state index in [0.29, 0.717) is 19.4 Å². The van der Waals surface area contributed by atoms with E-state index in [-0.39, 0.29) is 12.2 Å². The Bertz CT molecular complexity index is 492. The summed E-state index contributed by atoms with van der Waals surface area (Å²) >= 11 is 0. The van der Waals surface area contributed by atoms with Crippen molar-refractivity contribution in [2.75, 3.05) is 0 Å². The molecule has 5 nitrogen and oxygen atoms in total. The molecule has 2 atom stereocenters. The SMILES string of the molecule is NCc1ccc2c(c1)CC(CCCB(O)O)C2C(=O)O. The highest BCUT2D eigenvalue weighted by Crippen LogP contribution is 2.41. The van der Waals surface area contributed by atoms with Crippen LogP contribution in [0.15, 0.2) is 18.2 Å². The van der Waals surface area contributed by atoms with E-state index in [2.05, 4.69) is 0 Å². The summed E-state index contributed by atoms with van der Waals surface area (Å²) in [5.74, 6) is -1.28. The average molecular weight is 277 g/mol.